The second-order valence-electron chi connectivity index (χ2n) is 7.30. The van der Waals surface area contributed by atoms with E-state index >= 15 is 0 Å². The third-order valence-electron chi connectivity index (χ3n) is 5.13. The van der Waals surface area contributed by atoms with Gasteiger partial charge in [-0.15, -0.1) is 0 Å². The Bertz CT molecular complexity index is 1120. The van der Waals surface area contributed by atoms with Crippen molar-refractivity contribution in [1.82, 2.24) is 4.90 Å². The van der Waals surface area contributed by atoms with Crippen LogP contribution in [0.2, 0.25) is 5.02 Å². The van der Waals surface area contributed by atoms with Gasteiger partial charge in [0, 0.05) is 13.1 Å². The van der Waals surface area contributed by atoms with Gasteiger partial charge in [0.15, 0.2) is 0 Å². The molecule has 8 heteroatoms. The number of carbonyl (C=O) groups is 1. The van der Waals surface area contributed by atoms with Crippen molar-refractivity contribution < 1.29 is 27.1 Å². The first-order chi connectivity index (χ1) is 15.6. The van der Waals surface area contributed by atoms with Crippen molar-refractivity contribution in [3.63, 3.8) is 0 Å². The number of nitrogens with zero attached hydrogens (tertiary/aromatic N) is 1. The summed E-state index contributed by atoms with van der Waals surface area (Å²) >= 11 is 6.01. The molecule has 0 unspecified atom stereocenters. The summed E-state index contributed by atoms with van der Waals surface area (Å²) in [5, 5.41) is -0.461. The van der Waals surface area contributed by atoms with E-state index in [1.165, 1.54) is 35.2 Å². The molecule has 0 heterocycles. The Morgan fingerprint density at radius 2 is 1.73 bits per heavy atom. The molecule has 3 aromatic rings. The van der Waals surface area contributed by atoms with Crippen LogP contribution in [-0.4, -0.2) is 17.5 Å². The molecule has 0 N–H and O–H groups in total. The van der Waals surface area contributed by atoms with Crippen molar-refractivity contribution in [2.24, 2.45) is 0 Å². The number of carbonyl (C=O) groups excluding carboxylic acids is 1. The molecule has 0 aliphatic heterocycles. The fourth-order valence-electron chi connectivity index (χ4n) is 3.42. The highest BCUT2D eigenvalue weighted by atomic mass is 35.5. The van der Waals surface area contributed by atoms with Crippen molar-refractivity contribution in [3.05, 3.63) is 101 Å². The van der Waals surface area contributed by atoms with Crippen LogP contribution in [-0.2, 0) is 24.1 Å². The molecular weight excluding hydrogens is 458 g/mol. The largest absolute Gasteiger partial charge is 0.445 e. The van der Waals surface area contributed by atoms with Gasteiger partial charge in [0.2, 0.25) is 0 Å². The Morgan fingerprint density at radius 1 is 1.09 bits per heavy atom. The van der Waals surface area contributed by atoms with Gasteiger partial charge in [-0.05, 0) is 59.9 Å². The number of rotatable bonds is 6. The van der Waals surface area contributed by atoms with Crippen molar-refractivity contribution in [2.45, 2.75) is 26.3 Å². The predicted molar refractivity (Wildman–Crippen MR) is 119 cm³/mol. The van der Waals surface area contributed by atoms with Crippen LogP contribution in [0.15, 0.2) is 60.7 Å². The van der Waals surface area contributed by atoms with E-state index in [0.717, 1.165) is 0 Å². The van der Waals surface area contributed by atoms with Crippen molar-refractivity contribution >= 4 is 17.7 Å². The van der Waals surface area contributed by atoms with Crippen molar-refractivity contribution in [1.29, 1.82) is 0 Å². The standard InChI is InChI=1S/C25H21ClF4NO2/c1-3-31(24(32)33-15-17-9-11-19(27)12-10-17)14-21-16(2)23(25(28,29)30)22(26)13-20(21)18-7-5-4-6-8-18/h4-13H,2-3,14-15H2,1H3. The van der Waals surface area contributed by atoms with Gasteiger partial charge in [0.25, 0.3) is 0 Å². The maximum Gasteiger partial charge on any atom is 0.418 e. The number of hydrogen-bond donors (Lipinski definition) is 0. The van der Waals surface area contributed by atoms with E-state index in [1.54, 1.807) is 37.3 Å². The minimum Gasteiger partial charge on any atom is -0.445 e. The summed E-state index contributed by atoms with van der Waals surface area (Å²) in [5.41, 5.74) is 0.563. The highest BCUT2D eigenvalue weighted by Crippen LogP contribution is 2.42. The number of halogens is 5. The summed E-state index contributed by atoms with van der Waals surface area (Å²) in [5.74, 6) is -0.417. The topological polar surface area (TPSA) is 29.5 Å². The minimum absolute atomic E-state index is 0.104. The van der Waals surface area contributed by atoms with E-state index < -0.39 is 28.7 Å². The van der Waals surface area contributed by atoms with Gasteiger partial charge in [0.1, 0.15) is 12.4 Å². The molecule has 0 atom stereocenters. The Hall–Kier alpha value is -3.06. The van der Waals surface area contributed by atoms with Gasteiger partial charge in [-0.3, -0.25) is 0 Å². The lowest BCUT2D eigenvalue weighted by molar-refractivity contribution is -0.137. The Balaban J connectivity index is 1.95. The third kappa shape index (κ3) is 5.85. The second-order valence-corrected chi connectivity index (χ2v) is 7.70. The van der Waals surface area contributed by atoms with E-state index in [0.29, 0.717) is 16.7 Å². The lowest BCUT2D eigenvalue weighted by atomic mass is 9.92. The first kappa shape index (κ1) is 24.6. The van der Waals surface area contributed by atoms with Crippen LogP contribution in [0.5, 0.6) is 0 Å². The summed E-state index contributed by atoms with van der Waals surface area (Å²) < 4.78 is 59.4. The number of benzene rings is 3. The van der Waals surface area contributed by atoms with Gasteiger partial charge in [-0.1, -0.05) is 54.1 Å². The lowest BCUT2D eigenvalue weighted by Gasteiger charge is -2.25. The molecule has 0 bridgehead atoms. The van der Waals surface area contributed by atoms with Gasteiger partial charge >= 0.3 is 12.3 Å². The number of alkyl halides is 3. The zero-order valence-electron chi connectivity index (χ0n) is 17.8. The lowest BCUT2D eigenvalue weighted by Crippen LogP contribution is -2.31. The van der Waals surface area contributed by atoms with Gasteiger partial charge in [-0.25, -0.2) is 9.18 Å². The van der Waals surface area contributed by atoms with Crippen LogP contribution in [0.3, 0.4) is 0 Å². The normalized spacial score (nSPS) is 11.4. The number of hydrogen-bond acceptors (Lipinski definition) is 2. The molecule has 0 saturated carbocycles. The van der Waals surface area contributed by atoms with Gasteiger partial charge in [-0.2, -0.15) is 13.2 Å². The highest BCUT2D eigenvalue weighted by molar-refractivity contribution is 6.32. The molecule has 0 aromatic heterocycles. The SMILES string of the molecule is [CH2]c1c(CN(CC)C(=O)OCc2ccc(F)cc2)c(-c2ccccc2)cc(Cl)c1C(F)(F)F. The molecule has 1 radical (unpaired) electrons. The fourth-order valence-corrected chi connectivity index (χ4v) is 3.75. The molecule has 0 aliphatic carbocycles. The molecule has 3 rings (SSSR count). The van der Waals surface area contributed by atoms with Crippen molar-refractivity contribution in [2.75, 3.05) is 6.54 Å². The van der Waals surface area contributed by atoms with Crippen LogP contribution in [0.4, 0.5) is 22.4 Å². The van der Waals surface area contributed by atoms with E-state index in [2.05, 4.69) is 6.92 Å². The first-order valence-electron chi connectivity index (χ1n) is 10.1. The van der Waals surface area contributed by atoms with Crippen LogP contribution in [0.1, 0.15) is 29.2 Å². The predicted octanol–water partition coefficient (Wildman–Crippen LogP) is 7.51. The quantitative estimate of drug-likeness (QED) is 0.343. The molecule has 0 spiro atoms. The maximum atomic E-state index is 13.7. The van der Waals surface area contributed by atoms with E-state index in [1.807, 2.05) is 0 Å². The molecule has 3 aromatic carbocycles. The first-order valence-corrected chi connectivity index (χ1v) is 10.5. The smallest absolute Gasteiger partial charge is 0.418 e. The van der Waals surface area contributed by atoms with E-state index in [9.17, 15) is 22.4 Å². The Labute approximate surface area is 194 Å². The summed E-state index contributed by atoms with van der Waals surface area (Å²) in [6.07, 6.45) is -5.43. The van der Waals surface area contributed by atoms with Crippen LogP contribution >= 0.6 is 11.6 Å². The summed E-state index contributed by atoms with van der Waals surface area (Å²) in [6.45, 7) is 5.26. The second kappa shape index (κ2) is 10.3. The number of ether oxygens (including phenoxy) is 1. The zero-order chi connectivity index (χ0) is 24.2. The fraction of sp³-hybridized carbons (Fsp3) is 0.200. The minimum atomic E-state index is -4.71. The highest BCUT2D eigenvalue weighted by Gasteiger charge is 2.37. The molecule has 1 amide bonds. The van der Waals surface area contributed by atoms with Crippen LogP contribution in [0.25, 0.3) is 11.1 Å². The Kier molecular flexibility index (Phi) is 7.64. The molecular formula is C25H21ClF4NO2. The van der Waals surface area contributed by atoms with E-state index in [4.69, 9.17) is 16.3 Å². The summed E-state index contributed by atoms with van der Waals surface area (Å²) in [4.78, 5) is 14.0. The Morgan fingerprint density at radius 3 is 2.30 bits per heavy atom. The third-order valence-corrected chi connectivity index (χ3v) is 5.43. The van der Waals surface area contributed by atoms with Crippen LogP contribution < -0.4 is 0 Å². The molecule has 0 saturated heterocycles. The molecule has 173 valence electrons. The van der Waals surface area contributed by atoms with Crippen molar-refractivity contribution in [3.8, 4) is 11.1 Å². The summed E-state index contributed by atoms with van der Waals surface area (Å²) in [7, 11) is 0. The van der Waals surface area contributed by atoms with E-state index in [-0.39, 0.29) is 30.8 Å². The molecule has 3 nitrogen and oxygen atoms in total. The average molecular weight is 479 g/mol. The molecule has 33 heavy (non-hydrogen) atoms. The molecule has 0 fully saturated rings. The molecule has 0 aliphatic rings. The maximum absolute atomic E-state index is 13.7. The average Bonchev–Trinajstić information content (AvgIpc) is 2.77. The monoisotopic (exact) mass is 478 g/mol. The number of amides is 1. The zero-order valence-corrected chi connectivity index (χ0v) is 18.5. The van der Waals surface area contributed by atoms with Gasteiger partial charge < -0.3 is 9.64 Å². The van der Waals surface area contributed by atoms with Crippen LogP contribution in [0, 0.1) is 12.7 Å². The summed E-state index contributed by atoms with van der Waals surface area (Å²) in [6, 6.07) is 15.5. The van der Waals surface area contributed by atoms with Gasteiger partial charge in [0.05, 0.1) is 10.6 Å².